The van der Waals surface area contributed by atoms with Crippen LogP contribution in [0.15, 0.2) is 52.1 Å². The second kappa shape index (κ2) is 6.75. The molecule has 1 heterocycles. The molecule has 100 valence electrons. The summed E-state index contributed by atoms with van der Waals surface area (Å²) in [5.41, 5.74) is 7.22. The molecule has 2 atom stereocenters. The smallest absolute Gasteiger partial charge is 0.0967 e. The number of nitrogens with two attached hydrogens (primary N) is 1. The Balaban J connectivity index is 2.23. The van der Waals surface area contributed by atoms with E-state index in [1.165, 1.54) is 0 Å². The number of thioether (sulfide) groups is 1. The minimum atomic E-state index is 0.00825. The third-order valence-electron chi connectivity index (χ3n) is 2.60. The molecule has 1 aromatic carbocycles. The fraction of sp³-hybridized carbons (Fsp3) is 0.214. The van der Waals surface area contributed by atoms with Crippen LogP contribution in [0.2, 0.25) is 5.02 Å². The van der Waals surface area contributed by atoms with Gasteiger partial charge in [0.2, 0.25) is 0 Å². The van der Waals surface area contributed by atoms with Crippen molar-refractivity contribution in [1.29, 1.82) is 0 Å². The summed E-state index contributed by atoms with van der Waals surface area (Å²) in [5.74, 6) is 0. The van der Waals surface area contributed by atoms with Gasteiger partial charge >= 0.3 is 0 Å². The maximum Gasteiger partial charge on any atom is 0.0967 e. The predicted octanol–water partition coefficient (Wildman–Crippen LogP) is 4.68. The highest BCUT2D eigenvalue weighted by Gasteiger charge is 2.18. The SMILES string of the molecule is CC(N)C(Sc1ccc(Br)cn1)c1cccc(Cl)c1. The minimum absolute atomic E-state index is 0.00825. The van der Waals surface area contributed by atoms with E-state index in [0.717, 1.165) is 20.1 Å². The molecule has 0 aliphatic heterocycles. The Morgan fingerprint density at radius 3 is 2.68 bits per heavy atom. The van der Waals surface area contributed by atoms with E-state index in [4.69, 9.17) is 17.3 Å². The molecule has 0 aliphatic carbocycles. The molecule has 0 spiro atoms. The molecule has 0 saturated carbocycles. The Hall–Kier alpha value is -0.550. The maximum atomic E-state index is 6.10. The van der Waals surface area contributed by atoms with Crippen LogP contribution in [-0.2, 0) is 0 Å². The van der Waals surface area contributed by atoms with Gasteiger partial charge in [0, 0.05) is 21.7 Å². The fourth-order valence-corrected chi connectivity index (χ4v) is 3.18. The van der Waals surface area contributed by atoms with E-state index in [2.05, 4.69) is 20.9 Å². The standard InChI is InChI=1S/C14H14BrClN2S/c1-9(17)14(10-3-2-4-12(16)7-10)19-13-6-5-11(15)8-18-13/h2-9,14H,17H2,1H3. The minimum Gasteiger partial charge on any atom is -0.327 e. The summed E-state index contributed by atoms with van der Waals surface area (Å²) in [4.78, 5) is 4.38. The lowest BCUT2D eigenvalue weighted by Crippen LogP contribution is -2.22. The quantitative estimate of drug-likeness (QED) is 0.808. The van der Waals surface area contributed by atoms with Gasteiger partial charge in [-0.05, 0) is 52.7 Å². The van der Waals surface area contributed by atoms with Gasteiger partial charge in [-0.3, -0.25) is 0 Å². The van der Waals surface area contributed by atoms with Crippen LogP contribution in [0.4, 0.5) is 0 Å². The summed E-state index contributed by atoms with van der Waals surface area (Å²) in [6.07, 6.45) is 1.79. The molecule has 2 rings (SSSR count). The molecule has 0 bridgehead atoms. The van der Waals surface area contributed by atoms with Crippen LogP contribution >= 0.6 is 39.3 Å². The number of benzene rings is 1. The number of halogens is 2. The first-order chi connectivity index (χ1) is 9.06. The predicted molar refractivity (Wildman–Crippen MR) is 85.6 cm³/mol. The largest absolute Gasteiger partial charge is 0.327 e. The van der Waals surface area contributed by atoms with Crippen LogP contribution in [-0.4, -0.2) is 11.0 Å². The van der Waals surface area contributed by atoms with Crippen LogP contribution in [0.3, 0.4) is 0 Å². The Labute approximate surface area is 130 Å². The van der Waals surface area contributed by atoms with Crippen LogP contribution in [0.25, 0.3) is 0 Å². The first kappa shape index (κ1) is 14.9. The maximum absolute atomic E-state index is 6.10. The third kappa shape index (κ3) is 4.21. The average molecular weight is 358 g/mol. The summed E-state index contributed by atoms with van der Waals surface area (Å²) < 4.78 is 0.969. The molecular formula is C14H14BrClN2S. The third-order valence-corrected chi connectivity index (χ3v) is 4.75. The molecule has 0 amide bonds. The van der Waals surface area contributed by atoms with Gasteiger partial charge in [-0.25, -0.2) is 4.98 Å². The Kier molecular flexibility index (Phi) is 5.28. The monoisotopic (exact) mass is 356 g/mol. The lowest BCUT2D eigenvalue weighted by Gasteiger charge is -2.20. The van der Waals surface area contributed by atoms with Crippen molar-refractivity contribution in [3.05, 3.63) is 57.7 Å². The van der Waals surface area contributed by atoms with Crippen LogP contribution in [0.5, 0.6) is 0 Å². The summed E-state index contributed by atoms with van der Waals surface area (Å²) in [5, 5.41) is 1.81. The zero-order valence-electron chi connectivity index (χ0n) is 10.4. The number of nitrogens with zero attached hydrogens (tertiary/aromatic N) is 1. The molecule has 0 saturated heterocycles. The number of pyridine rings is 1. The van der Waals surface area contributed by atoms with E-state index in [0.29, 0.717) is 0 Å². The fourth-order valence-electron chi connectivity index (χ4n) is 1.72. The second-order valence-electron chi connectivity index (χ2n) is 4.27. The van der Waals surface area contributed by atoms with E-state index >= 15 is 0 Å². The van der Waals surface area contributed by atoms with Gasteiger partial charge in [0.05, 0.1) is 10.3 Å². The molecule has 2 unspecified atom stereocenters. The molecule has 2 nitrogen and oxygen atoms in total. The van der Waals surface area contributed by atoms with Crippen LogP contribution in [0.1, 0.15) is 17.7 Å². The Bertz CT molecular complexity index is 545. The first-order valence-corrected chi connectivity index (χ1v) is 7.90. The highest BCUT2D eigenvalue weighted by atomic mass is 79.9. The molecule has 5 heteroatoms. The zero-order chi connectivity index (χ0) is 13.8. The molecule has 0 aliphatic rings. The van der Waals surface area contributed by atoms with Crippen molar-refractivity contribution in [2.24, 2.45) is 5.73 Å². The highest BCUT2D eigenvalue weighted by molar-refractivity contribution is 9.10. The average Bonchev–Trinajstić information content (AvgIpc) is 2.37. The summed E-state index contributed by atoms with van der Waals surface area (Å²) in [6, 6.07) is 11.8. The van der Waals surface area contributed by atoms with E-state index in [9.17, 15) is 0 Å². The van der Waals surface area contributed by atoms with Crippen molar-refractivity contribution in [1.82, 2.24) is 4.98 Å². The van der Waals surface area contributed by atoms with Crippen molar-refractivity contribution in [2.75, 3.05) is 0 Å². The van der Waals surface area contributed by atoms with Crippen LogP contribution < -0.4 is 5.73 Å². The molecule has 2 aromatic rings. The van der Waals surface area contributed by atoms with Gasteiger partial charge in [-0.2, -0.15) is 0 Å². The van der Waals surface area contributed by atoms with Gasteiger partial charge in [-0.15, -0.1) is 0 Å². The lowest BCUT2D eigenvalue weighted by molar-refractivity contribution is 0.720. The molecule has 0 fully saturated rings. The van der Waals surface area contributed by atoms with Crippen molar-refractivity contribution in [2.45, 2.75) is 23.2 Å². The number of aromatic nitrogens is 1. The summed E-state index contributed by atoms with van der Waals surface area (Å²) in [7, 11) is 0. The number of rotatable bonds is 4. The Morgan fingerprint density at radius 2 is 2.11 bits per heavy atom. The van der Waals surface area contributed by atoms with Gasteiger partial charge < -0.3 is 5.73 Å². The van der Waals surface area contributed by atoms with E-state index in [-0.39, 0.29) is 11.3 Å². The summed E-state index contributed by atoms with van der Waals surface area (Å²) >= 11 is 11.1. The van der Waals surface area contributed by atoms with Crippen molar-refractivity contribution < 1.29 is 0 Å². The van der Waals surface area contributed by atoms with Gasteiger partial charge in [0.15, 0.2) is 0 Å². The molecular weight excluding hydrogens is 344 g/mol. The molecule has 1 aromatic heterocycles. The molecule has 2 N–H and O–H groups in total. The van der Waals surface area contributed by atoms with Crippen molar-refractivity contribution in [3.63, 3.8) is 0 Å². The van der Waals surface area contributed by atoms with Gasteiger partial charge in [-0.1, -0.05) is 35.5 Å². The van der Waals surface area contributed by atoms with Crippen LogP contribution in [0, 0.1) is 0 Å². The highest BCUT2D eigenvalue weighted by Crippen LogP contribution is 2.37. The first-order valence-electron chi connectivity index (χ1n) is 5.85. The molecule has 19 heavy (non-hydrogen) atoms. The van der Waals surface area contributed by atoms with Crippen molar-refractivity contribution >= 4 is 39.3 Å². The van der Waals surface area contributed by atoms with Gasteiger partial charge in [0.25, 0.3) is 0 Å². The number of hydrogen-bond acceptors (Lipinski definition) is 3. The second-order valence-corrected chi connectivity index (χ2v) is 6.78. The summed E-state index contributed by atoms with van der Waals surface area (Å²) in [6.45, 7) is 2.00. The number of hydrogen-bond donors (Lipinski definition) is 1. The lowest BCUT2D eigenvalue weighted by atomic mass is 10.1. The topological polar surface area (TPSA) is 38.9 Å². The Morgan fingerprint density at radius 1 is 1.32 bits per heavy atom. The normalized spacial score (nSPS) is 14.1. The van der Waals surface area contributed by atoms with E-state index in [1.807, 2.05) is 43.3 Å². The van der Waals surface area contributed by atoms with E-state index < -0.39 is 0 Å². The molecule has 0 radical (unpaired) electrons. The van der Waals surface area contributed by atoms with Gasteiger partial charge in [0.1, 0.15) is 0 Å². The van der Waals surface area contributed by atoms with E-state index in [1.54, 1.807) is 18.0 Å². The zero-order valence-corrected chi connectivity index (χ0v) is 13.5. The van der Waals surface area contributed by atoms with Crippen molar-refractivity contribution in [3.8, 4) is 0 Å².